The maximum Gasteiger partial charge on any atom is 0.492 e. The minimum atomic E-state index is -1.82. The van der Waals surface area contributed by atoms with Gasteiger partial charge in [-0.05, 0) is 36.4 Å². The Kier molecular flexibility index (Phi) is 5.06. The Hall–Kier alpha value is -1.76. The highest BCUT2D eigenvalue weighted by Crippen LogP contribution is 2.24. The number of methoxy groups -OCH3 is 1. The summed E-state index contributed by atoms with van der Waals surface area (Å²) < 4.78 is 23.8. The molecule has 0 saturated heterocycles. The normalized spacial score (nSPS) is 10.3. The molecule has 0 saturated carbocycles. The molecule has 0 bridgehead atoms. The van der Waals surface area contributed by atoms with Gasteiger partial charge in [0.2, 0.25) is 0 Å². The van der Waals surface area contributed by atoms with E-state index in [-0.39, 0.29) is 17.8 Å². The Bertz CT molecular complexity index is 636. The molecule has 0 aliphatic heterocycles. The maximum absolute atomic E-state index is 13.1. The average Bonchev–Trinajstić information content (AvgIpc) is 2.46. The number of hydrogen-bond donors (Lipinski definition) is 2. The third kappa shape index (κ3) is 3.88. The van der Waals surface area contributed by atoms with Crippen LogP contribution in [0.2, 0.25) is 5.02 Å². The van der Waals surface area contributed by atoms with E-state index < -0.39 is 12.9 Å². The third-order valence-corrected chi connectivity index (χ3v) is 3.11. The van der Waals surface area contributed by atoms with Crippen molar-refractivity contribution < 1.29 is 23.9 Å². The van der Waals surface area contributed by atoms with Crippen molar-refractivity contribution in [1.29, 1.82) is 0 Å². The lowest BCUT2D eigenvalue weighted by molar-refractivity contribution is 0.297. The molecular weight excluding hydrogens is 297 g/mol. The fourth-order valence-electron chi connectivity index (χ4n) is 1.87. The second-order valence-corrected chi connectivity index (χ2v) is 4.74. The van der Waals surface area contributed by atoms with E-state index in [1.54, 1.807) is 18.2 Å². The van der Waals surface area contributed by atoms with Gasteiger partial charge in [-0.15, -0.1) is 0 Å². The van der Waals surface area contributed by atoms with Gasteiger partial charge in [0, 0.05) is 16.0 Å². The van der Waals surface area contributed by atoms with Crippen molar-refractivity contribution in [3.8, 4) is 11.5 Å². The van der Waals surface area contributed by atoms with Crippen LogP contribution in [0, 0.1) is 5.82 Å². The fourth-order valence-corrected chi connectivity index (χ4v) is 2.06. The van der Waals surface area contributed by atoms with Crippen LogP contribution < -0.4 is 14.9 Å². The first-order chi connectivity index (χ1) is 10.0. The third-order valence-electron chi connectivity index (χ3n) is 2.88. The van der Waals surface area contributed by atoms with Crippen LogP contribution >= 0.6 is 11.6 Å². The molecule has 2 rings (SSSR count). The first kappa shape index (κ1) is 15.6. The monoisotopic (exact) mass is 310 g/mol. The molecular formula is C14H13BClFO4. The van der Waals surface area contributed by atoms with Crippen LogP contribution in [0.5, 0.6) is 11.5 Å². The molecule has 2 aromatic rings. The van der Waals surface area contributed by atoms with Gasteiger partial charge in [0.1, 0.15) is 23.9 Å². The lowest BCUT2D eigenvalue weighted by Crippen LogP contribution is -2.31. The lowest BCUT2D eigenvalue weighted by Gasteiger charge is -2.13. The summed E-state index contributed by atoms with van der Waals surface area (Å²) >= 11 is 5.92. The molecule has 2 N–H and O–H groups in total. The molecule has 0 heterocycles. The summed E-state index contributed by atoms with van der Waals surface area (Å²) in [6.45, 7) is 0.0923. The predicted molar refractivity (Wildman–Crippen MR) is 78.6 cm³/mol. The molecule has 0 aliphatic rings. The van der Waals surface area contributed by atoms with Gasteiger partial charge in [-0.2, -0.15) is 0 Å². The van der Waals surface area contributed by atoms with Gasteiger partial charge in [-0.1, -0.05) is 11.6 Å². The van der Waals surface area contributed by atoms with Gasteiger partial charge in [0.05, 0.1) is 7.11 Å². The number of benzene rings is 2. The molecule has 21 heavy (non-hydrogen) atoms. The largest absolute Gasteiger partial charge is 0.496 e. The summed E-state index contributed by atoms with van der Waals surface area (Å²) in [5.41, 5.74) is 0.642. The summed E-state index contributed by atoms with van der Waals surface area (Å²) in [6, 6.07) is 8.59. The number of hydrogen-bond acceptors (Lipinski definition) is 4. The Labute approximate surface area is 126 Å². The summed E-state index contributed by atoms with van der Waals surface area (Å²) in [5, 5.41) is 19.0. The number of halogens is 2. The minimum absolute atomic E-state index is 0.0454. The first-order valence-electron chi connectivity index (χ1n) is 6.12. The Morgan fingerprint density at radius 1 is 1.14 bits per heavy atom. The average molecular weight is 311 g/mol. The standard InChI is InChI=1S/C14H13BClFO4/c1-20-13-4-2-10(16)6-9(13)8-21-14-5-3-11(17)7-12(14)15(18)19/h2-7,18-19H,8H2,1H3. The van der Waals surface area contributed by atoms with E-state index in [0.29, 0.717) is 16.3 Å². The number of rotatable bonds is 5. The zero-order valence-electron chi connectivity index (χ0n) is 11.2. The van der Waals surface area contributed by atoms with Crippen LogP contribution in [0.25, 0.3) is 0 Å². The molecule has 0 aromatic heterocycles. The van der Waals surface area contributed by atoms with Crippen molar-refractivity contribution in [2.75, 3.05) is 7.11 Å². The van der Waals surface area contributed by atoms with Crippen LogP contribution in [-0.4, -0.2) is 24.3 Å². The van der Waals surface area contributed by atoms with Crippen LogP contribution in [0.1, 0.15) is 5.56 Å². The molecule has 7 heteroatoms. The van der Waals surface area contributed by atoms with Crippen LogP contribution in [0.15, 0.2) is 36.4 Å². The highest BCUT2D eigenvalue weighted by atomic mass is 35.5. The molecule has 0 spiro atoms. The second-order valence-electron chi connectivity index (χ2n) is 4.30. The Morgan fingerprint density at radius 3 is 2.52 bits per heavy atom. The van der Waals surface area contributed by atoms with Crippen molar-refractivity contribution in [1.82, 2.24) is 0 Å². The van der Waals surface area contributed by atoms with Gasteiger partial charge in [-0.3, -0.25) is 0 Å². The van der Waals surface area contributed by atoms with E-state index in [1.807, 2.05) is 0 Å². The number of ether oxygens (including phenoxy) is 2. The topological polar surface area (TPSA) is 58.9 Å². The van der Waals surface area contributed by atoms with E-state index in [1.165, 1.54) is 19.2 Å². The van der Waals surface area contributed by atoms with Crippen LogP contribution in [0.3, 0.4) is 0 Å². The van der Waals surface area contributed by atoms with Crippen molar-refractivity contribution >= 4 is 24.2 Å². The highest BCUT2D eigenvalue weighted by Gasteiger charge is 2.18. The van der Waals surface area contributed by atoms with Gasteiger partial charge >= 0.3 is 7.12 Å². The van der Waals surface area contributed by atoms with Crippen LogP contribution in [0.4, 0.5) is 4.39 Å². The van der Waals surface area contributed by atoms with Gasteiger partial charge in [-0.25, -0.2) is 4.39 Å². The van der Waals surface area contributed by atoms with E-state index in [4.69, 9.17) is 21.1 Å². The van der Waals surface area contributed by atoms with E-state index in [2.05, 4.69) is 0 Å². The summed E-state index contributed by atoms with van der Waals surface area (Å²) in [6.07, 6.45) is 0. The SMILES string of the molecule is COc1ccc(Cl)cc1COc1ccc(F)cc1B(O)O. The summed E-state index contributed by atoms with van der Waals surface area (Å²) in [7, 11) is -0.301. The first-order valence-corrected chi connectivity index (χ1v) is 6.50. The lowest BCUT2D eigenvalue weighted by atomic mass is 9.79. The van der Waals surface area contributed by atoms with Gasteiger partial charge in [0.25, 0.3) is 0 Å². The quantitative estimate of drug-likeness (QED) is 0.826. The zero-order chi connectivity index (χ0) is 15.4. The molecule has 0 aliphatic carbocycles. The molecule has 0 amide bonds. The van der Waals surface area contributed by atoms with Gasteiger partial charge in [0.15, 0.2) is 0 Å². The molecule has 0 unspecified atom stereocenters. The highest BCUT2D eigenvalue weighted by molar-refractivity contribution is 6.59. The van der Waals surface area contributed by atoms with Gasteiger partial charge < -0.3 is 19.5 Å². The van der Waals surface area contributed by atoms with Crippen molar-refractivity contribution in [3.63, 3.8) is 0 Å². The molecule has 110 valence electrons. The smallest absolute Gasteiger partial charge is 0.492 e. The Morgan fingerprint density at radius 2 is 1.86 bits per heavy atom. The Balaban J connectivity index is 2.22. The minimum Gasteiger partial charge on any atom is -0.496 e. The molecule has 0 atom stereocenters. The zero-order valence-corrected chi connectivity index (χ0v) is 12.0. The van der Waals surface area contributed by atoms with Crippen molar-refractivity contribution in [3.05, 3.63) is 52.8 Å². The fraction of sp³-hybridized carbons (Fsp3) is 0.143. The molecule has 2 aromatic carbocycles. The van der Waals surface area contributed by atoms with Crippen molar-refractivity contribution in [2.45, 2.75) is 6.61 Å². The predicted octanol–water partition coefficient (Wildman–Crippen LogP) is 1.75. The molecule has 4 nitrogen and oxygen atoms in total. The maximum atomic E-state index is 13.1. The molecule has 0 radical (unpaired) electrons. The van der Waals surface area contributed by atoms with E-state index in [0.717, 1.165) is 6.07 Å². The summed E-state index contributed by atoms with van der Waals surface area (Å²) in [5.74, 6) is 0.187. The summed E-state index contributed by atoms with van der Waals surface area (Å²) in [4.78, 5) is 0. The van der Waals surface area contributed by atoms with Crippen molar-refractivity contribution in [2.24, 2.45) is 0 Å². The van der Waals surface area contributed by atoms with E-state index >= 15 is 0 Å². The second kappa shape index (κ2) is 6.80. The molecule has 0 fully saturated rings. The van der Waals surface area contributed by atoms with E-state index in [9.17, 15) is 14.4 Å². The van der Waals surface area contributed by atoms with Crippen LogP contribution in [-0.2, 0) is 6.61 Å².